The number of epoxide rings is 1. The second kappa shape index (κ2) is 4.30. The lowest BCUT2D eigenvalue weighted by molar-refractivity contribution is 0.201. The third-order valence-electron chi connectivity index (χ3n) is 4.32. The summed E-state index contributed by atoms with van der Waals surface area (Å²) >= 11 is 0. The van der Waals surface area contributed by atoms with Crippen molar-refractivity contribution in [3.05, 3.63) is 29.8 Å². The van der Waals surface area contributed by atoms with Crippen LogP contribution in [0.5, 0.6) is 0 Å². The Bertz CT molecular complexity index is 571. The van der Waals surface area contributed by atoms with Crippen LogP contribution in [-0.4, -0.2) is 37.5 Å². The molecule has 104 valence electrons. The van der Waals surface area contributed by atoms with Gasteiger partial charge >= 0.3 is 0 Å². The molecule has 3 rings (SSSR count). The van der Waals surface area contributed by atoms with Gasteiger partial charge in [-0.15, -0.1) is 0 Å². The Morgan fingerprint density at radius 1 is 1.21 bits per heavy atom. The summed E-state index contributed by atoms with van der Waals surface area (Å²) in [5, 5.41) is 0. The highest BCUT2D eigenvalue weighted by molar-refractivity contribution is 7.89. The number of benzene rings is 1. The van der Waals surface area contributed by atoms with Crippen molar-refractivity contribution in [1.82, 2.24) is 4.31 Å². The smallest absolute Gasteiger partial charge is 0.243 e. The molecule has 1 atom stereocenters. The van der Waals surface area contributed by atoms with Crippen LogP contribution in [0.1, 0.15) is 25.3 Å². The van der Waals surface area contributed by atoms with Gasteiger partial charge in [-0.2, -0.15) is 4.31 Å². The van der Waals surface area contributed by atoms with E-state index in [1.54, 1.807) is 16.4 Å². The second-order valence-electron chi connectivity index (χ2n) is 5.54. The van der Waals surface area contributed by atoms with Gasteiger partial charge < -0.3 is 4.74 Å². The zero-order chi connectivity index (χ0) is 13.7. The van der Waals surface area contributed by atoms with Gasteiger partial charge in [-0.25, -0.2) is 8.42 Å². The molecule has 1 spiro atoms. The molecule has 2 aliphatic rings. The fraction of sp³-hybridized carbons (Fsp3) is 0.571. The van der Waals surface area contributed by atoms with Gasteiger partial charge in [0.15, 0.2) is 0 Å². The van der Waals surface area contributed by atoms with Crippen molar-refractivity contribution in [1.29, 1.82) is 0 Å². The summed E-state index contributed by atoms with van der Waals surface area (Å²) in [6, 6.07) is 7.05. The molecule has 0 unspecified atom stereocenters. The molecule has 1 aromatic carbocycles. The number of hydrogen-bond acceptors (Lipinski definition) is 3. The Morgan fingerprint density at radius 2 is 1.74 bits per heavy atom. The van der Waals surface area contributed by atoms with E-state index in [2.05, 4.69) is 6.92 Å². The van der Waals surface area contributed by atoms with Gasteiger partial charge in [0.05, 0.1) is 16.6 Å². The molecule has 0 radical (unpaired) electrons. The van der Waals surface area contributed by atoms with Gasteiger partial charge in [0.2, 0.25) is 10.0 Å². The lowest BCUT2D eigenvalue weighted by atomic mass is 9.95. The maximum atomic E-state index is 12.5. The minimum atomic E-state index is -3.34. The van der Waals surface area contributed by atoms with Crippen LogP contribution >= 0.6 is 0 Å². The average Bonchev–Trinajstić information content (AvgIpc) is 3.00. The molecule has 2 aliphatic heterocycles. The number of hydrogen-bond donors (Lipinski definition) is 0. The molecule has 0 bridgehead atoms. The van der Waals surface area contributed by atoms with Crippen molar-refractivity contribution < 1.29 is 13.2 Å². The molecule has 5 heteroatoms. The van der Waals surface area contributed by atoms with E-state index in [-0.39, 0.29) is 11.7 Å². The number of aryl methyl sites for hydroxylation is 1. The van der Waals surface area contributed by atoms with E-state index < -0.39 is 10.0 Å². The predicted octanol–water partition coefficient (Wildman–Crippen LogP) is 1.94. The van der Waals surface area contributed by atoms with Crippen LogP contribution < -0.4 is 0 Å². The lowest BCUT2D eigenvalue weighted by Gasteiger charge is -2.29. The van der Waals surface area contributed by atoms with Crippen LogP contribution in [0.4, 0.5) is 0 Å². The van der Waals surface area contributed by atoms with Crippen LogP contribution in [0, 0.1) is 6.92 Å². The first-order chi connectivity index (χ1) is 8.94. The standard InChI is InChI=1S/C14H19NO3S/c1-11-3-5-13(6-4-11)19(16,17)15-9-7-14(8-10-15)12(2)18-14/h3-6,12H,7-10H2,1-2H3/t12-/m1/s1. The minimum Gasteiger partial charge on any atom is -0.366 e. The number of rotatable bonds is 2. The van der Waals surface area contributed by atoms with Gasteiger partial charge in [0.25, 0.3) is 0 Å². The summed E-state index contributed by atoms with van der Waals surface area (Å²) in [7, 11) is -3.34. The first-order valence-electron chi connectivity index (χ1n) is 6.69. The van der Waals surface area contributed by atoms with Crippen molar-refractivity contribution in [2.75, 3.05) is 13.1 Å². The highest BCUT2D eigenvalue weighted by Gasteiger charge is 2.55. The maximum absolute atomic E-state index is 12.5. The molecule has 0 aliphatic carbocycles. The number of nitrogens with zero attached hydrogens (tertiary/aromatic N) is 1. The van der Waals surface area contributed by atoms with Gasteiger partial charge in [-0.05, 0) is 38.8 Å². The van der Waals surface area contributed by atoms with Crippen molar-refractivity contribution >= 4 is 10.0 Å². The summed E-state index contributed by atoms with van der Waals surface area (Å²) in [6.45, 7) is 5.12. The summed E-state index contributed by atoms with van der Waals surface area (Å²) < 4.78 is 32.2. The SMILES string of the molecule is Cc1ccc(S(=O)(=O)N2CCC3(CC2)O[C@@H]3C)cc1. The maximum Gasteiger partial charge on any atom is 0.243 e. The molecule has 0 N–H and O–H groups in total. The van der Waals surface area contributed by atoms with Crippen LogP contribution in [0.3, 0.4) is 0 Å². The van der Waals surface area contributed by atoms with E-state index in [9.17, 15) is 8.42 Å². The number of sulfonamides is 1. The van der Waals surface area contributed by atoms with E-state index in [1.807, 2.05) is 19.1 Å². The Kier molecular flexibility index (Phi) is 2.96. The molecule has 4 nitrogen and oxygen atoms in total. The quantitative estimate of drug-likeness (QED) is 0.778. The molecule has 0 amide bonds. The molecule has 0 aromatic heterocycles. The molecule has 2 heterocycles. The van der Waals surface area contributed by atoms with Gasteiger partial charge in [-0.1, -0.05) is 17.7 Å². The molecule has 19 heavy (non-hydrogen) atoms. The highest BCUT2D eigenvalue weighted by Crippen LogP contribution is 2.45. The Hall–Kier alpha value is -0.910. The topological polar surface area (TPSA) is 49.9 Å². The van der Waals surface area contributed by atoms with Crippen LogP contribution in [0.25, 0.3) is 0 Å². The van der Waals surface area contributed by atoms with Crippen LogP contribution in [-0.2, 0) is 14.8 Å². The second-order valence-corrected chi connectivity index (χ2v) is 7.48. The number of piperidine rings is 1. The normalized spacial score (nSPS) is 26.5. The molecular weight excluding hydrogens is 262 g/mol. The van der Waals surface area contributed by atoms with Crippen molar-refractivity contribution in [2.24, 2.45) is 0 Å². The average molecular weight is 281 g/mol. The van der Waals surface area contributed by atoms with Gasteiger partial charge in [0, 0.05) is 13.1 Å². The van der Waals surface area contributed by atoms with Crippen molar-refractivity contribution in [3.63, 3.8) is 0 Å². The fourth-order valence-electron chi connectivity index (χ4n) is 2.81. The summed E-state index contributed by atoms with van der Waals surface area (Å²) in [4.78, 5) is 0.388. The molecule has 1 aromatic rings. The summed E-state index contributed by atoms with van der Waals surface area (Å²) in [5.41, 5.74) is 1.04. The Balaban J connectivity index is 1.77. The highest BCUT2D eigenvalue weighted by atomic mass is 32.2. The lowest BCUT2D eigenvalue weighted by Crippen LogP contribution is -2.42. The third kappa shape index (κ3) is 2.20. The van der Waals surface area contributed by atoms with Gasteiger partial charge in [0.1, 0.15) is 0 Å². The van der Waals surface area contributed by atoms with Crippen molar-refractivity contribution in [3.8, 4) is 0 Å². The minimum absolute atomic E-state index is 0.0285. The molecule has 2 saturated heterocycles. The predicted molar refractivity (Wildman–Crippen MR) is 72.4 cm³/mol. The Morgan fingerprint density at radius 3 is 2.21 bits per heavy atom. The third-order valence-corrected chi connectivity index (χ3v) is 6.24. The molecule has 0 saturated carbocycles. The van der Waals surface area contributed by atoms with E-state index in [0.717, 1.165) is 18.4 Å². The van der Waals surface area contributed by atoms with Crippen LogP contribution in [0.2, 0.25) is 0 Å². The van der Waals surface area contributed by atoms with Crippen LogP contribution in [0.15, 0.2) is 29.2 Å². The zero-order valence-corrected chi connectivity index (χ0v) is 12.1. The largest absolute Gasteiger partial charge is 0.366 e. The molecular formula is C14H19NO3S. The molecule has 2 fully saturated rings. The number of ether oxygens (including phenoxy) is 1. The monoisotopic (exact) mass is 281 g/mol. The first kappa shape index (κ1) is 13.1. The van der Waals surface area contributed by atoms with Gasteiger partial charge in [-0.3, -0.25) is 0 Å². The first-order valence-corrected chi connectivity index (χ1v) is 8.13. The van der Waals surface area contributed by atoms with E-state index >= 15 is 0 Å². The van der Waals surface area contributed by atoms with E-state index in [0.29, 0.717) is 18.0 Å². The summed E-state index contributed by atoms with van der Waals surface area (Å²) in [6.07, 6.45) is 1.90. The zero-order valence-electron chi connectivity index (χ0n) is 11.3. The fourth-order valence-corrected chi connectivity index (χ4v) is 4.25. The summed E-state index contributed by atoms with van der Waals surface area (Å²) in [5.74, 6) is 0. The van der Waals surface area contributed by atoms with E-state index in [4.69, 9.17) is 4.74 Å². The van der Waals surface area contributed by atoms with E-state index in [1.165, 1.54) is 0 Å². The Labute approximate surface area is 114 Å². The van der Waals surface area contributed by atoms with Crippen molar-refractivity contribution in [2.45, 2.75) is 43.3 Å².